The van der Waals surface area contributed by atoms with Gasteiger partial charge in [-0.15, -0.1) is 0 Å². The van der Waals surface area contributed by atoms with E-state index in [1.54, 1.807) is 0 Å². The van der Waals surface area contributed by atoms with Gasteiger partial charge in [0.15, 0.2) is 0 Å². The van der Waals surface area contributed by atoms with Gasteiger partial charge in [-0.2, -0.15) is 0 Å². The lowest BCUT2D eigenvalue weighted by Gasteiger charge is -2.25. The molecule has 0 saturated carbocycles. The molecule has 1 saturated heterocycles. The second-order valence-corrected chi connectivity index (χ2v) is 4.14. The standard InChI is InChI=1S/C10H12Cl2N2/c11-8-3-1-2-7(10(8)12)9-6-13-4-5-14-9/h1-3,9,13-14H,4-6H2. The van der Waals surface area contributed by atoms with Gasteiger partial charge in [-0.25, -0.2) is 0 Å². The molecule has 76 valence electrons. The zero-order valence-electron chi connectivity index (χ0n) is 7.69. The first-order valence-corrected chi connectivity index (χ1v) is 5.42. The highest BCUT2D eigenvalue weighted by molar-refractivity contribution is 6.42. The summed E-state index contributed by atoms with van der Waals surface area (Å²) in [6, 6.07) is 6.03. The highest BCUT2D eigenvalue weighted by Gasteiger charge is 2.17. The molecule has 1 heterocycles. The van der Waals surface area contributed by atoms with E-state index in [0.717, 1.165) is 25.2 Å². The SMILES string of the molecule is Clc1cccc(C2CNCCN2)c1Cl. The molecule has 14 heavy (non-hydrogen) atoms. The van der Waals surface area contributed by atoms with Gasteiger partial charge >= 0.3 is 0 Å². The minimum Gasteiger partial charge on any atom is -0.314 e. The summed E-state index contributed by atoms with van der Waals surface area (Å²) in [7, 11) is 0. The van der Waals surface area contributed by atoms with E-state index in [1.165, 1.54) is 0 Å². The van der Waals surface area contributed by atoms with E-state index < -0.39 is 0 Å². The predicted molar refractivity (Wildman–Crippen MR) is 60.1 cm³/mol. The smallest absolute Gasteiger partial charge is 0.0640 e. The lowest BCUT2D eigenvalue weighted by molar-refractivity contribution is 0.430. The molecule has 0 radical (unpaired) electrons. The normalized spacial score (nSPS) is 22.3. The topological polar surface area (TPSA) is 24.1 Å². The van der Waals surface area contributed by atoms with Gasteiger partial charge in [-0.3, -0.25) is 0 Å². The predicted octanol–water partition coefficient (Wildman–Crippen LogP) is 2.23. The van der Waals surface area contributed by atoms with Crippen LogP contribution in [-0.4, -0.2) is 19.6 Å². The molecule has 1 aromatic rings. The average Bonchev–Trinajstić information content (AvgIpc) is 2.23. The molecule has 1 atom stereocenters. The molecule has 0 bridgehead atoms. The fraction of sp³-hybridized carbons (Fsp3) is 0.400. The highest BCUT2D eigenvalue weighted by atomic mass is 35.5. The van der Waals surface area contributed by atoms with Crippen LogP contribution in [0, 0.1) is 0 Å². The summed E-state index contributed by atoms with van der Waals surface area (Å²) in [5.74, 6) is 0. The van der Waals surface area contributed by atoms with Crippen molar-refractivity contribution in [3.8, 4) is 0 Å². The molecular weight excluding hydrogens is 219 g/mol. The first-order chi connectivity index (χ1) is 6.79. The van der Waals surface area contributed by atoms with Gasteiger partial charge < -0.3 is 10.6 Å². The van der Waals surface area contributed by atoms with Crippen LogP contribution in [0.5, 0.6) is 0 Å². The van der Waals surface area contributed by atoms with Gasteiger partial charge in [-0.05, 0) is 11.6 Å². The van der Waals surface area contributed by atoms with E-state index in [0.29, 0.717) is 10.0 Å². The van der Waals surface area contributed by atoms with Crippen molar-refractivity contribution in [2.24, 2.45) is 0 Å². The largest absolute Gasteiger partial charge is 0.314 e. The molecule has 0 spiro atoms. The number of nitrogens with one attached hydrogen (secondary N) is 2. The van der Waals surface area contributed by atoms with Gasteiger partial charge in [-0.1, -0.05) is 35.3 Å². The zero-order valence-corrected chi connectivity index (χ0v) is 9.20. The fourth-order valence-corrected chi connectivity index (χ4v) is 2.10. The molecule has 0 amide bonds. The summed E-state index contributed by atoms with van der Waals surface area (Å²) >= 11 is 12.1. The number of halogens is 2. The number of piperazine rings is 1. The number of hydrogen-bond donors (Lipinski definition) is 2. The Morgan fingerprint density at radius 3 is 2.79 bits per heavy atom. The number of benzene rings is 1. The highest BCUT2D eigenvalue weighted by Crippen LogP contribution is 2.29. The lowest BCUT2D eigenvalue weighted by atomic mass is 10.1. The summed E-state index contributed by atoms with van der Waals surface area (Å²) in [6.45, 7) is 2.88. The summed E-state index contributed by atoms with van der Waals surface area (Å²) in [5.41, 5.74) is 1.08. The maximum absolute atomic E-state index is 6.13. The molecule has 2 rings (SSSR count). The van der Waals surface area contributed by atoms with Crippen LogP contribution in [0.2, 0.25) is 10.0 Å². The van der Waals surface area contributed by atoms with Crippen LogP contribution in [0.15, 0.2) is 18.2 Å². The monoisotopic (exact) mass is 230 g/mol. The van der Waals surface area contributed by atoms with Crippen LogP contribution in [0.1, 0.15) is 11.6 Å². The van der Waals surface area contributed by atoms with E-state index in [-0.39, 0.29) is 6.04 Å². The van der Waals surface area contributed by atoms with Crippen molar-refractivity contribution in [3.05, 3.63) is 33.8 Å². The molecule has 4 heteroatoms. The van der Waals surface area contributed by atoms with Crippen molar-refractivity contribution in [2.45, 2.75) is 6.04 Å². The Morgan fingerprint density at radius 1 is 1.21 bits per heavy atom. The molecular formula is C10H12Cl2N2. The van der Waals surface area contributed by atoms with Crippen molar-refractivity contribution in [2.75, 3.05) is 19.6 Å². The van der Waals surface area contributed by atoms with E-state index in [2.05, 4.69) is 10.6 Å². The third kappa shape index (κ3) is 2.04. The molecule has 2 nitrogen and oxygen atoms in total. The number of rotatable bonds is 1. The van der Waals surface area contributed by atoms with Gasteiger partial charge in [0.05, 0.1) is 10.0 Å². The van der Waals surface area contributed by atoms with E-state index in [4.69, 9.17) is 23.2 Å². The van der Waals surface area contributed by atoms with Crippen LogP contribution in [0.25, 0.3) is 0 Å². The van der Waals surface area contributed by atoms with Gasteiger partial charge in [0.2, 0.25) is 0 Å². The Bertz CT molecular complexity index is 322. The molecule has 1 aliphatic rings. The molecule has 1 aromatic carbocycles. The summed E-state index contributed by atoms with van der Waals surface area (Å²) in [4.78, 5) is 0. The van der Waals surface area contributed by atoms with Crippen molar-refractivity contribution in [1.29, 1.82) is 0 Å². The summed E-state index contributed by atoms with van der Waals surface area (Å²) in [6.07, 6.45) is 0. The van der Waals surface area contributed by atoms with Crippen molar-refractivity contribution < 1.29 is 0 Å². The zero-order chi connectivity index (χ0) is 9.97. The number of hydrogen-bond acceptors (Lipinski definition) is 2. The van der Waals surface area contributed by atoms with E-state index >= 15 is 0 Å². The lowest BCUT2D eigenvalue weighted by Crippen LogP contribution is -2.42. The van der Waals surface area contributed by atoms with Crippen molar-refractivity contribution in [1.82, 2.24) is 10.6 Å². The molecule has 1 unspecified atom stereocenters. The molecule has 1 aliphatic heterocycles. The maximum Gasteiger partial charge on any atom is 0.0640 e. The Hall–Kier alpha value is -0.280. The van der Waals surface area contributed by atoms with Crippen molar-refractivity contribution in [3.63, 3.8) is 0 Å². The minimum atomic E-state index is 0.273. The second kappa shape index (κ2) is 4.49. The van der Waals surface area contributed by atoms with Crippen LogP contribution < -0.4 is 10.6 Å². The van der Waals surface area contributed by atoms with Crippen LogP contribution in [0.3, 0.4) is 0 Å². The van der Waals surface area contributed by atoms with Gasteiger partial charge in [0, 0.05) is 25.7 Å². The molecule has 0 aromatic heterocycles. The molecule has 2 N–H and O–H groups in total. The Kier molecular flexibility index (Phi) is 3.29. The van der Waals surface area contributed by atoms with Gasteiger partial charge in [0.1, 0.15) is 0 Å². The van der Waals surface area contributed by atoms with Crippen molar-refractivity contribution >= 4 is 23.2 Å². The Balaban J connectivity index is 2.26. The maximum atomic E-state index is 6.13. The minimum absolute atomic E-state index is 0.273. The van der Waals surface area contributed by atoms with Crippen LogP contribution in [0.4, 0.5) is 0 Å². The summed E-state index contributed by atoms with van der Waals surface area (Å²) in [5, 5.41) is 8.00. The molecule has 0 aliphatic carbocycles. The van der Waals surface area contributed by atoms with Crippen LogP contribution >= 0.6 is 23.2 Å². The third-order valence-electron chi connectivity index (χ3n) is 2.40. The average molecular weight is 231 g/mol. The summed E-state index contributed by atoms with van der Waals surface area (Å²) < 4.78 is 0. The third-order valence-corrected chi connectivity index (χ3v) is 3.23. The Labute approximate surface area is 93.6 Å². The first-order valence-electron chi connectivity index (χ1n) is 4.67. The fourth-order valence-electron chi connectivity index (χ4n) is 1.66. The van der Waals surface area contributed by atoms with E-state index in [1.807, 2.05) is 18.2 Å². The second-order valence-electron chi connectivity index (χ2n) is 3.35. The quantitative estimate of drug-likeness (QED) is 0.774. The first kappa shape index (κ1) is 10.2. The van der Waals surface area contributed by atoms with Gasteiger partial charge in [0.25, 0.3) is 0 Å². The van der Waals surface area contributed by atoms with E-state index in [9.17, 15) is 0 Å². The Morgan fingerprint density at radius 2 is 2.07 bits per heavy atom. The van der Waals surface area contributed by atoms with Crippen LogP contribution in [-0.2, 0) is 0 Å². The molecule has 1 fully saturated rings.